The highest BCUT2D eigenvalue weighted by Crippen LogP contribution is 2.46. The second kappa shape index (κ2) is 7.66. The molecule has 3 aromatic rings. The van der Waals surface area contributed by atoms with Gasteiger partial charge in [0.15, 0.2) is 11.5 Å². The maximum absolute atomic E-state index is 11.2. The number of nitro groups is 1. The Balaban J connectivity index is 1.61. The molecule has 0 fully saturated rings. The van der Waals surface area contributed by atoms with Crippen LogP contribution in [-0.4, -0.2) is 29.8 Å². The van der Waals surface area contributed by atoms with Gasteiger partial charge in [-0.3, -0.25) is 10.1 Å². The number of rotatable bonds is 4. The van der Waals surface area contributed by atoms with Gasteiger partial charge in [-0.05, 0) is 42.0 Å². The van der Waals surface area contributed by atoms with Gasteiger partial charge in [0, 0.05) is 39.7 Å². The minimum absolute atomic E-state index is 0.0303. The molecule has 3 aromatic carbocycles. The summed E-state index contributed by atoms with van der Waals surface area (Å²) >= 11 is 3.52. The second-order valence-electron chi connectivity index (χ2n) is 8.39. The van der Waals surface area contributed by atoms with Gasteiger partial charge in [-0.25, -0.2) is 0 Å². The number of quaternary nitrogens is 1. The molecule has 2 aliphatic rings. The van der Waals surface area contributed by atoms with E-state index >= 15 is 0 Å². The maximum Gasteiger partial charge on any atom is 0.269 e. The number of hydrogen-bond acceptors (Lipinski definition) is 4. The highest BCUT2D eigenvalue weighted by atomic mass is 79.9. The number of fused-ring (bicyclic) bond motifs is 2. The molecule has 7 heteroatoms. The lowest BCUT2D eigenvalue weighted by molar-refractivity contribution is -0.948. The van der Waals surface area contributed by atoms with Gasteiger partial charge < -0.3 is 14.0 Å². The van der Waals surface area contributed by atoms with Crippen LogP contribution in [0.2, 0.25) is 0 Å². The van der Waals surface area contributed by atoms with Crippen LogP contribution in [-0.2, 0) is 13.0 Å². The van der Waals surface area contributed by atoms with Crippen LogP contribution in [0.15, 0.2) is 65.1 Å². The molecule has 2 heterocycles. The second-order valence-corrected chi connectivity index (χ2v) is 9.31. The summed E-state index contributed by atoms with van der Waals surface area (Å²) < 4.78 is 13.1. The van der Waals surface area contributed by atoms with Gasteiger partial charge in [-0.1, -0.05) is 28.1 Å². The highest BCUT2D eigenvalue weighted by Gasteiger charge is 2.41. The molecule has 158 valence electrons. The molecule has 0 radical (unpaired) electrons. The number of ether oxygens (including phenoxy) is 2. The van der Waals surface area contributed by atoms with Crippen molar-refractivity contribution in [3.63, 3.8) is 0 Å². The summed E-state index contributed by atoms with van der Waals surface area (Å²) in [6.07, 6.45) is 0.933. The first-order chi connectivity index (χ1) is 14.9. The number of nitrogens with zero attached hydrogens (tertiary/aromatic N) is 2. The number of non-ortho nitro benzene ring substituents is 1. The highest BCUT2D eigenvalue weighted by molar-refractivity contribution is 9.10. The Morgan fingerprint density at radius 1 is 1.06 bits per heavy atom. The van der Waals surface area contributed by atoms with Crippen molar-refractivity contribution < 1.29 is 18.9 Å². The van der Waals surface area contributed by atoms with Crippen molar-refractivity contribution in [2.45, 2.75) is 19.0 Å². The Kier molecular flexibility index (Phi) is 4.95. The SMILES string of the molecule is C[N+]1(Cc2ccc(Br)cc2)CCc2cc3c(cc2C1c1ccc([N+](=O)[O-])cc1)OCO3. The first-order valence-corrected chi connectivity index (χ1v) is 11.0. The fourth-order valence-electron chi connectivity index (χ4n) is 4.81. The monoisotopic (exact) mass is 481 g/mol. The molecular weight excluding hydrogens is 460 g/mol. The molecule has 0 amide bonds. The van der Waals surface area contributed by atoms with E-state index in [1.807, 2.05) is 12.1 Å². The van der Waals surface area contributed by atoms with E-state index in [4.69, 9.17) is 9.47 Å². The molecule has 2 atom stereocenters. The van der Waals surface area contributed by atoms with Gasteiger partial charge in [0.2, 0.25) is 6.79 Å². The Labute approximate surface area is 188 Å². The summed E-state index contributed by atoms with van der Waals surface area (Å²) in [5, 5.41) is 11.2. The minimum Gasteiger partial charge on any atom is -0.454 e. The Hall–Kier alpha value is -2.90. The van der Waals surface area contributed by atoms with Crippen molar-refractivity contribution in [2.24, 2.45) is 0 Å². The molecule has 0 aromatic heterocycles. The number of benzene rings is 3. The zero-order valence-corrected chi connectivity index (χ0v) is 18.7. The van der Waals surface area contributed by atoms with Gasteiger partial charge in [0.05, 0.1) is 18.5 Å². The molecule has 0 saturated heterocycles. The number of nitro benzene ring substituents is 1. The van der Waals surface area contributed by atoms with E-state index in [0.29, 0.717) is 0 Å². The molecule has 2 aliphatic heterocycles. The smallest absolute Gasteiger partial charge is 0.269 e. The quantitative estimate of drug-likeness (QED) is 0.285. The van der Waals surface area contributed by atoms with Gasteiger partial charge >= 0.3 is 0 Å². The number of halogens is 1. The average Bonchev–Trinajstić information content (AvgIpc) is 3.21. The van der Waals surface area contributed by atoms with Crippen LogP contribution >= 0.6 is 15.9 Å². The molecule has 2 unspecified atom stereocenters. The van der Waals surface area contributed by atoms with Crippen LogP contribution in [0, 0.1) is 10.1 Å². The molecule has 0 bridgehead atoms. The van der Waals surface area contributed by atoms with Gasteiger partial charge in [-0.2, -0.15) is 0 Å². The third-order valence-corrected chi connectivity index (χ3v) is 6.85. The summed E-state index contributed by atoms with van der Waals surface area (Å²) in [6, 6.07) is 19.6. The fraction of sp³-hybridized carbons (Fsp3) is 0.250. The van der Waals surface area contributed by atoms with Gasteiger partial charge in [0.1, 0.15) is 12.6 Å². The maximum atomic E-state index is 11.2. The predicted octanol–water partition coefficient (Wildman–Crippen LogP) is 5.38. The van der Waals surface area contributed by atoms with Crippen LogP contribution in [0.4, 0.5) is 5.69 Å². The minimum atomic E-state index is -0.355. The summed E-state index contributed by atoms with van der Waals surface area (Å²) in [6.45, 7) is 2.04. The van der Waals surface area contributed by atoms with Crippen molar-refractivity contribution in [3.05, 3.63) is 97.5 Å². The first-order valence-electron chi connectivity index (χ1n) is 10.2. The molecule has 31 heavy (non-hydrogen) atoms. The van der Waals surface area contributed by atoms with Gasteiger partial charge in [0.25, 0.3) is 5.69 Å². The van der Waals surface area contributed by atoms with Crippen molar-refractivity contribution in [1.29, 1.82) is 0 Å². The largest absolute Gasteiger partial charge is 0.454 e. The topological polar surface area (TPSA) is 61.6 Å². The summed E-state index contributed by atoms with van der Waals surface area (Å²) in [5.41, 5.74) is 4.86. The van der Waals surface area contributed by atoms with E-state index in [1.165, 1.54) is 16.7 Å². The third kappa shape index (κ3) is 3.68. The van der Waals surface area contributed by atoms with Gasteiger partial charge in [-0.15, -0.1) is 0 Å². The predicted molar refractivity (Wildman–Crippen MR) is 120 cm³/mol. The van der Waals surface area contributed by atoms with E-state index in [0.717, 1.165) is 45.5 Å². The third-order valence-electron chi connectivity index (χ3n) is 6.32. The molecule has 0 aliphatic carbocycles. The Bertz CT molecular complexity index is 1150. The van der Waals surface area contributed by atoms with Crippen LogP contribution < -0.4 is 9.47 Å². The first kappa shape index (κ1) is 20.0. The average molecular weight is 482 g/mol. The van der Waals surface area contributed by atoms with Crippen molar-refractivity contribution in [1.82, 2.24) is 0 Å². The molecule has 0 spiro atoms. The molecule has 0 N–H and O–H groups in total. The Morgan fingerprint density at radius 3 is 2.42 bits per heavy atom. The zero-order valence-electron chi connectivity index (χ0n) is 17.1. The summed E-state index contributed by atoms with van der Waals surface area (Å²) in [4.78, 5) is 10.8. The Morgan fingerprint density at radius 2 is 1.74 bits per heavy atom. The van der Waals surface area contributed by atoms with E-state index in [2.05, 4.69) is 59.4 Å². The molecule has 0 saturated carbocycles. The van der Waals surface area contributed by atoms with Crippen LogP contribution in [0.1, 0.15) is 28.3 Å². The van der Waals surface area contributed by atoms with Crippen molar-refractivity contribution >= 4 is 21.6 Å². The molecule has 6 nitrogen and oxygen atoms in total. The summed E-state index contributed by atoms with van der Waals surface area (Å²) in [5.74, 6) is 1.56. The van der Waals surface area contributed by atoms with Crippen molar-refractivity contribution in [2.75, 3.05) is 20.4 Å². The lowest BCUT2D eigenvalue weighted by Gasteiger charge is -2.46. The van der Waals surface area contributed by atoms with Crippen molar-refractivity contribution in [3.8, 4) is 11.5 Å². The normalized spacial score (nSPS) is 21.5. The number of likely N-dealkylation sites (N-methyl/N-ethyl adjacent to an activating group) is 1. The lowest BCUT2D eigenvalue weighted by Crippen LogP contribution is -2.50. The van der Waals surface area contributed by atoms with E-state index < -0.39 is 0 Å². The van der Waals surface area contributed by atoms with E-state index in [-0.39, 0.29) is 23.4 Å². The molecular formula is C24H22BrN2O4+. The zero-order chi connectivity index (χ0) is 21.6. The number of hydrogen-bond donors (Lipinski definition) is 0. The lowest BCUT2D eigenvalue weighted by atomic mass is 9.85. The standard InChI is InChI=1S/C24H22BrN2O4/c1-27(14-16-2-6-19(25)7-3-16)11-10-18-12-22-23(31-15-30-22)13-21(18)24(27)17-4-8-20(9-5-17)26(28)29/h2-9,12-13,24H,10-11,14-15H2,1H3/q+1. The van der Waals surface area contributed by atoms with Crippen LogP contribution in [0.3, 0.4) is 0 Å². The van der Waals surface area contributed by atoms with E-state index in [9.17, 15) is 10.1 Å². The molecule has 5 rings (SSSR count). The van der Waals surface area contributed by atoms with Crippen LogP contribution in [0.5, 0.6) is 11.5 Å². The van der Waals surface area contributed by atoms with E-state index in [1.54, 1.807) is 12.1 Å². The van der Waals surface area contributed by atoms with Crippen LogP contribution in [0.25, 0.3) is 0 Å². The summed E-state index contributed by atoms with van der Waals surface area (Å²) in [7, 11) is 2.27. The fourth-order valence-corrected chi connectivity index (χ4v) is 5.07.